The number of carbonyl (C=O) groups is 1. The summed E-state index contributed by atoms with van der Waals surface area (Å²) in [5.41, 5.74) is 5.28. The second-order valence-corrected chi connectivity index (χ2v) is 7.90. The van der Waals surface area contributed by atoms with Crippen molar-refractivity contribution >= 4 is 5.97 Å². The number of carboxylic acids is 1. The van der Waals surface area contributed by atoms with Crippen LogP contribution in [-0.4, -0.2) is 40.4 Å². The van der Waals surface area contributed by atoms with Crippen molar-refractivity contribution in [2.24, 2.45) is 0 Å². The van der Waals surface area contributed by atoms with E-state index in [-0.39, 0.29) is 6.10 Å². The van der Waals surface area contributed by atoms with Gasteiger partial charge < -0.3 is 20.3 Å². The maximum absolute atomic E-state index is 11.2. The standard InChI is InChI=1S/C25H26N2O4/c1-16-11-19(25(29)30)5-8-22(16)17-6-9-24-18(12-17)4-7-21(31-24)14-27-15-23(28)20-3-2-10-26-13-20/h2-3,5-6,8-13,21,23,27-28H,4,7,14-15H2,1H3,(H,29,30)/t21-,23?/m0/s1. The molecule has 31 heavy (non-hydrogen) atoms. The molecule has 0 saturated carbocycles. The summed E-state index contributed by atoms with van der Waals surface area (Å²) in [6, 6.07) is 15.0. The fourth-order valence-corrected chi connectivity index (χ4v) is 3.95. The highest BCUT2D eigenvalue weighted by Crippen LogP contribution is 2.33. The number of aliphatic hydroxyl groups is 1. The molecule has 160 valence electrons. The second-order valence-electron chi connectivity index (χ2n) is 7.90. The quantitative estimate of drug-likeness (QED) is 0.541. The molecule has 0 radical (unpaired) electrons. The van der Waals surface area contributed by atoms with E-state index < -0.39 is 12.1 Å². The summed E-state index contributed by atoms with van der Waals surface area (Å²) in [6.45, 7) is 3.04. The van der Waals surface area contributed by atoms with Crippen LogP contribution in [0.1, 0.15) is 39.6 Å². The van der Waals surface area contributed by atoms with Crippen LogP contribution in [0.3, 0.4) is 0 Å². The second kappa shape index (κ2) is 9.29. The van der Waals surface area contributed by atoms with Crippen molar-refractivity contribution in [3.8, 4) is 16.9 Å². The molecule has 0 fully saturated rings. The molecule has 2 atom stereocenters. The molecule has 1 unspecified atom stereocenters. The van der Waals surface area contributed by atoms with Gasteiger partial charge in [0.2, 0.25) is 0 Å². The lowest BCUT2D eigenvalue weighted by atomic mass is 9.94. The Labute approximate surface area is 181 Å². The topological polar surface area (TPSA) is 91.7 Å². The lowest BCUT2D eigenvalue weighted by molar-refractivity contribution is 0.0696. The van der Waals surface area contributed by atoms with Crippen LogP contribution >= 0.6 is 0 Å². The molecule has 4 rings (SSSR count). The molecule has 0 aliphatic carbocycles. The minimum atomic E-state index is -0.916. The van der Waals surface area contributed by atoms with Crippen molar-refractivity contribution < 1.29 is 19.7 Å². The first kappa shape index (κ1) is 21.0. The van der Waals surface area contributed by atoms with E-state index in [4.69, 9.17) is 9.84 Å². The van der Waals surface area contributed by atoms with Crippen LogP contribution in [0, 0.1) is 6.92 Å². The first-order valence-corrected chi connectivity index (χ1v) is 10.4. The molecule has 2 heterocycles. The van der Waals surface area contributed by atoms with Crippen molar-refractivity contribution in [1.82, 2.24) is 10.3 Å². The minimum absolute atomic E-state index is 0.0519. The summed E-state index contributed by atoms with van der Waals surface area (Å²) in [6.07, 6.45) is 4.62. The number of nitrogens with one attached hydrogen (secondary N) is 1. The third kappa shape index (κ3) is 4.93. The Bertz CT molecular complexity index is 1070. The number of aromatic carboxylic acids is 1. The lowest BCUT2D eigenvalue weighted by Crippen LogP contribution is -2.36. The number of rotatable bonds is 7. The van der Waals surface area contributed by atoms with Gasteiger partial charge in [-0.05, 0) is 72.4 Å². The van der Waals surface area contributed by atoms with E-state index in [0.29, 0.717) is 18.7 Å². The van der Waals surface area contributed by atoms with Gasteiger partial charge in [-0.1, -0.05) is 18.2 Å². The van der Waals surface area contributed by atoms with Crippen LogP contribution in [0.25, 0.3) is 11.1 Å². The van der Waals surface area contributed by atoms with E-state index in [9.17, 15) is 9.90 Å². The van der Waals surface area contributed by atoms with Gasteiger partial charge in [-0.2, -0.15) is 0 Å². The summed E-state index contributed by atoms with van der Waals surface area (Å²) >= 11 is 0. The first-order valence-electron chi connectivity index (χ1n) is 10.4. The van der Waals surface area contributed by atoms with E-state index >= 15 is 0 Å². The van der Waals surface area contributed by atoms with Gasteiger partial charge in [0.1, 0.15) is 11.9 Å². The third-order valence-electron chi connectivity index (χ3n) is 5.65. The summed E-state index contributed by atoms with van der Waals surface area (Å²) in [7, 11) is 0. The molecule has 6 heteroatoms. The summed E-state index contributed by atoms with van der Waals surface area (Å²) in [4.78, 5) is 15.2. The Kier molecular flexibility index (Phi) is 6.30. The molecular formula is C25H26N2O4. The van der Waals surface area contributed by atoms with Gasteiger partial charge in [0.25, 0.3) is 0 Å². The minimum Gasteiger partial charge on any atom is -0.489 e. The molecule has 2 aromatic carbocycles. The number of fused-ring (bicyclic) bond motifs is 1. The molecular weight excluding hydrogens is 392 g/mol. The number of hydrogen-bond donors (Lipinski definition) is 3. The van der Waals surface area contributed by atoms with E-state index in [1.54, 1.807) is 24.5 Å². The number of hydrogen-bond acceptors (Lipinski definition) is 5. The normalized spacial score (nSPS) is 16.3. The Hall–Kier alpha value is -3.22. The summed E-state index contributed by atoms with van der Waals surface area (Å²) < 4.78 is 6.16. The molecule has 0 saturated heterocycles. The van der Waals surface area contributed by atoms with E-state index in [0.717, 1.165) is 46.4 Å². The van der Waals surface area contributed by atoms with E-state index in [1.165, 1.54) is 0 Å². The zero-order valence-corrected chi connectivity index (χ0v) is 17.4. The molecule has 0 amide bonds. The van der Waals surface area contributed by atoms with Gasteiger partial charge in [-0.25, -0.2) is 4.79 Å². The van der Waals surface area contributed by atoms with E-state index in [2.05, 4.69) is 16.4 Å². The smallest absolute Gasteiger partial charge is 0.335 e. The third-order valence-corrected chi connectivity index (χ3v) is 5.65. The van der Waals surface area contributed by atoms with Gasteiger partial charge in [-0.3, -0.25) is 4.98 Å². The molecule has 3 aromatic rings. The van der Waals surface area contributed by atoms with Gasteiger partial charge in [-0.15, -0.1) is 0 Å². The molecule has 3 N–H and O–H groups in total. The Morgan fingerprint density at radius 2 is 2.13 bits per heavy atom. The predicted molar refractivity (Wildman–Crippen MR) is 118 cm³/mol. The van der Waals surface area contributed by atoms with Crippen molar-refractivity contribution in [2.45, 2.75) is 32.0 Å². The molecule has 1 aromatic heterocycles. The number of carboxylic acid groups (broad SMARTS) is 1. The molecule has 6 nitrogen and oxygen atoms in total. The number of aliphatic hydroxyl groups excluding tert-OH is 1. The predicted octanol–water partition coefficient (Wildman–Crippen LogP) is 3.77. The summed E-state index contributed by atoms with van der Waals surface area (Å²) in [5, 5.41) is 22.7. The first-order chi connectivity index (χ1) is 15.0. The average Bonchev–Trinajstić information content (AvgIpc) is 2.79. The fourth-order valence-electron chi connectivity index (χ4n) is 3.95. The number of aryl methyl sites for hydroxylation is 2. The number of ether oxygens (including phenoxy) is 1. The Balaban J connectivity index is 1.37. The average molecular weight is 418 g/mol. The van der Waals surface area contributed by atoms with E-state index in [1.807, 2.05) is 37.3 Å². The van der Waals surface area contributed by atoms with Crippen LogP contribution in [0.4, 0.5) is 0 Å². The van der Waals surface area contributed by atoms with Crippen molar-refractivity contribution in [1.29, 1.82) is 0 Å². The number of benzene rings is 2. The number of pyridine rings is 1. The zero-order valence-electron chi connectivity index (χ0n) is 17.4. The monoisotopic (exact) mass is 418 g/mol. The summed E-state index contributed by atoms with van der Waals surface area (Å²) in [5.74, 6) is -0.0319. The van der Waals surface area contributed by atoms with Crippen molar-refractivity contribution in [3.63, 3.8) is 0 Å². The van der Waals surface area contributed by atoms with Crippen LogP contribution in [0.2, 0.25) is 0 Å². The highest BCUT2D eigenvalue weighted by atomic mass is 16.5. The highest BCUT2D eigenvalue weighted by molar-refractivity contribution is 5.89. The van der Waals surface area contributed by atoms with Gasteiger partial charge in [0.05, 0.1) is 11.7 Å². The maximum atomic E-state index is 11.2. The Morgan fingerprint density at radius 1 is 1.26 bits per heavy atom. The zero-order chi connectivity index (χ0) is 21.8. The largest absolute Gasteiger partial charge is 0.489 e. The van der Waals surface area contributed by atoms with Crippen LogP contribution in [0.15, 0.2) is 60.9 Å². The van der Waals surface area contributed by atoms with Gasteiger partial charge in [0.15, 0.2) is 0 Å². The maximum Gasteiger partial charge on any atom is 0.335 e. The molecule has 0 bridgehead atoms. The molecule has 1 aliphatic rings. The molecule has 0 spiro atoms. The van der Waals surface area contributed by atoms with Gasteiger partial charge in [0, 0.05) is 31.0 Å². The van der Waals surface area contributed by atoms with Gasteiger partial charge >= 0.3 is 5.97 Å². The number of aromatic nitrogens is 1. The Morgan fingerprint density at radius 3 is 2.87 bits per heavy atom. The number of nitrogens with zero attached hydrogens (tertiary/aromatic N) is 1. The van der Waals surface area contributed by atoms with Crippen LogP contribution in [-0.2, 0) is 6.42 Å². The van der Waals surface area contributed by atoms with Crippen LogP contribution < -0.4 is 10.1 Å². The van der Waals surface area contributed by atoms with Crippen molar-refractivity contribution in [2.75, 3.05) is 13.1 Å². The highest BCUT2D eigenvalue weighted by Gasteiger charge is 2.21. The SMILES string of the molecule is Cc1cc(C(=O)O)ccc1-c1ccc2c(c1)CC[C@@H](CNCC(O)c1cccnc1)O2. The van der Waals surface area contributed by atoms with Crippen LogP contribution in [0.5, 0.6) is 5.75 Å². The molecule has 1 aliphatic heterocycles. The fraction of sp³-hybridized carbons (Fsp3) is 0.280. The lowest BCUT2D eigenvalue weighted by Gasteiger charge is -2.27. The van der Waals surface area contributed by atoms with Crippen molar-refractivity contribution in [3.05, 3.63) is 83.2 Å².